The number of ether oxygens (including phenoxy) is 1. The Labute approximate surface area is 172 Å². The molecule has 0 fully saturated rings. The second kappa shape index (κ2) is 7.70. The molecule has 0 spiro atoms. The van der Waals surface area contributed by atoms with Crippen molar-refractivity contribution in [1.82, 2.24) is 0 Å². The van der Waals surface area contributed by atoms with Crippen LogP contribution in [0.25, 0.3) is 22.3 Å². The maximum Gasteiger partial charge on any atom is 0.235 e. The zero-order valence-electron chi connectivity index (χ0n) is 15.0. The fourth-order valence-corrected chi connectivity index (χ4v) is 3.30. The van der Waals surface area contributed by atoms with E-state index in [1.165, 1.54) is 0 Å². The van der Waals surface area contributed by atoms with Crippen LogP contribution in [0.1, 0.15) is 11.1 Å². The second-order valence-electron chi connectivity index (χ2n) is 6.49. The fraction of sp³-hybridized carbons (Fsp3) is 0.0870. The van der Waals surface area contributed by atoms with Crippen LogP contribution in [0.5, 0.6) is 5.75 Å². The van der Waals surface area contributed by atoms with Crippen LogP contribution in [0.3, 0.4) is 0 Å². The normalized spacial score (nSPS) is 11.0. The van der Waals surface area contributed by atoms with Gasteiger partial charge in [0.15, 0.2) is 5.76 Å². The van der Waals surface area contributed by atoms with Gasteiger partial charge in [0, 0.05) is 5.56 Å². The van der Waals surface area contributed by atoms with Crippen molar-refractivity contribution in [2.24, 2.45) is 0 Å². The molecule has 3 nitrogen and oxygen atoms in total. The van der Waals surface area contributed by atoms with Crippen molar-refractivity contribution in [2.75, 3.05) is 0 Å². The van der Waals surface area contributed by atoms with Gasteiger partial charge >= 0.3 is 0 Å². The molecule has 0 aliphatic carbocycles. The third kappa shape index (κ3) is 3.64. The van der Waals surface area contributed by atoms with Crippen LogP contribution in [0.4, 0.5) is 0 Å². The van der Waals surface area contributed by atoms with Crippen LogP contribution < -0.4 is 10.2 Å². The van der Waals surface area contributed by atoms with Crippen LogP contribution in [0.2, 0.25) is 10.0 Å². The van der Waals surface area contributed by atoms with Gasteiger partial charge in [-0.1, -0.05) is 65.7 Å². The molecular formula is C23H16Cl2O3. The average Bonchev–Trinajstić information content (AvgIpc) is 2.70. The van der Waals surface area contributed by atoms with Gasteiger partial charge in [0.25, 0.3) is 0 Å². The van der Waals surface area contributed by atoms with E-state index < -0.39 is 0 Å². The van der Waals surface area contributed by atoms with Crippen molar-refractivity contribution in [3.63, 3.8) is 0 Å². The minimum absolute atomic E-state index is 0.166. The summed E-state index contributed by atoms with van der Waals surface area (Å²) >= 11 is 12.0. The van der Waals surface area contributed by atoms with Gasteiger partial charge in [-0.3, -0.25) is 4.79 Å². The van der Waals surface area contributed by atoms with E-state index in [-0.39, 0.29) is 17.8 Å². The smallest absolute Gasteiger partial charge is 0.235 e. The molecule has 0 saturated carbocycles. The molecule has 1 heterocycles. The quantitative estimate of drug-likeness (QED) is 0.377. The molecule has 0 amide bonds. The Morgan fingerprint density at radius 1 is 0.929 bits per heavy atom. The summed E-state index contributed by atoms with van der Waals surface area (Å²) in [5, 5.41) is 1.39. The molecule has 3 aromatic carbocycles. The third-order valence-electron chi connectivity index (χ3n) is 4.41. The minimum atomic E-state index is -0.208. The van der Waals surface area contributed by atoms with Crippen molar-refractivity contribution >= 4 is 34.2 Å². The third-order valence-corrected chi connectivity index (χ3v) is 5.15. The number of benzene rings is 3. The number of aryl methyl sites for hydroxylation is 1. The molecule has 5 heteroatoms. The summed E-state index contributed by atoms with van der Waals surface area (Å²) in [5.74, 6) is 0.581. The molecule has 0 unspecified atom stereocenters. The van der Waals surface area contributed by atoms with Crippen LogP contribution in [-0.4, -0.2) is 0 Å². The van der Waals surface area contributed by atoms with Crippen LogP contribution in [0, 0.1) is 6.92 Å². The molecule has 0 radical (unpaired) electrons. The Hall–Kier alpha value is -2.75. The Bertz CT molecular complexity index is 1210. The second-order valence-corrected chi connectivity index (χ2v) is 7.31. The molecule has 140 valence electrons. The number of halogens is 2. The van der Waals surface area contributed by atoms with Crippen molar-refractivity contribution in [3.05, 3.63) is 98.1 Å². The highest BCUT2D eigenvalue weighted by Gasteiger charge is 2.18. The predicted octanol–water partition coefficient (Wildman–Crippen LogP) is 6.65. The van der Waals surface area contributed by atoms with Gasteiger partial charge in [0.05, 0.1) is 15.4 Å². The molecule has 28 heavy (non-hydrogen) atoms. The van der Waals surface area contributed by atoms with Crippen LogP contribution in [0.15, 0.2) is 75.9 Å². The molecule has 0 bridgehead atoms. The molecular weight excluding hydrogens is 395 g/mol. The monoisotopic (exact) mass is 410 g/mol. The average molecular weight is 411 g/mol. The first kappa shape index (κ1) is 18.6. The largest absolute Gasteiger partial charge is 0.481 e. The van der Waals surface area contributed by atoms with Crippen LogP contribution in [-0.2, 0) is 6.61 Å². The molecule has 0 saturated heterocycles. The highest BCUT2D eigenvalue weighted by atomic mass is 35.5. The summed E-state index contributed by atoms with van der Waals surface area (Å²) < 4.78 is 12.0. The van der Waals surface area contributed by atoms with Gasteiger partial charge in [-0.2, -0.15) is 0 Å². The zero-order valence-corrected chi connectivity index (χ0v) is 16.6. The lowest BCUT2D eigenvalue weighted by atomic mass is 10.1. The lowest BCUT2D eigenvalue weighted by Crippen LogP contribution is -2.10. The van der Waals surface area contributed by atoms with E-state index in [4.69, 9.17) is 32.4 Å². The molecule has 1 aromatic heterocycles. The first-order valence-corrected chi connectivity index (χ1v) is 9.48. The van der Waals surface area contributed by atoms with E-state index in [0.29, 0.717) is 26.8 Å². The fourth-order valence-electron chi connectivity index (χ4n) is 2.98. The van der Waals surface area contributed by atoms with Gasteiger partial charge in [0.2, 0.25) is 11.2 Å². The summed E-state index contributed by atoms with van der Waals surface area (Å²) in [6.45, 7) is 2.12. The maximum absolute atomic E-state index is 13.1. The van der Waals surface area contributed by atoms with Crippen molar-refractivity contribution < 1.29 is 9.15 Å². The van der Waals surface area contributed by atoms with Gasteiger partial charge in [-0.05, 0) is 42.3 Å². The van der Waals surface area contributed by atoms with Crippen molar-refractivity contribution in [3.8, 4) is 17.1 Å². The standard InChI is InChI=1S/C23H16Cl2O3/c1-14-7-9-17-20(11-14)28-22(16-5-3-2-4-6-16)23(21(17)26)27-13-15-8-10-18(24)19(25)12-15/h2-12H,13H2,1H3. The summed E-state index contributed by atoms with van der Waals surface area (Å²) in [4.78, 5) is 13.1. The van der Waals surface area contributed by atoms with Crippen LogP contribution >= 0.6 is 23.2 Å². The number of fused-ring (bicyclic) bond motifs is 1. The number of hydrogen-bond donors (Lipinski definition) is 0. The highest BCUT2D eigenvalue weighted by molar-refractivity contribution is 6.42. The predicted molar refractivity (Wildman–Crippen MR) is 113 cm³/mol. The summed E-state index contributed by atoms with van der Waals surface area (Å²) in [6, 6.07) is 20.2. The number of hydrogen-bond acceptors (Lipinski definition) is 3. The first-order valence-electron chi connectivity index (χ1n) is 8.72. The SMILES string of the molecule is Cc1ccc2c(=O)c(OCc3ccc(Cl)c(Cl)c3)c(-c3ccccc3)oc2c1. The van der Waals surface area contributed by atoms with E-state index in [1.807, 2.05) is 55.5 Å². The minimum Gasteiger partial charge on any atom is -0.481 e. The Morgan fingerprint density at radius 2 is 1.71 bits per heavy atom. The highest BCUT2D eigenvalue weighted by Crippen LogP contribution is 2.32. The summed E-state index contributed by atoms with van der Waals surface area (Å²) in [6.07, 6.45) is 0. The molecule has 0 N–H and O–H groups in total. The maximum atomic E-state index is 13.1. The Balaban J connectivity index is 1.83. The van der Waals surface area contributed by atoms with Gasteiger partial charge < -0.3 is 9.15 Å². The number of rotatable bonds is 4. The molecule has 0 atom stereocenters. The lowest BCUT2D eigenvalue weighted by molar-refractivity contribution is 0.298. The Morgan fingerprint density at radius 3 is 2.46 bits per heavy atom. The first-order chi connectivity index (χ1) is 13.5. The van der Waals surface area contributed by atoms with E-state index in [2.05, 4.69) is 0 Å². The topological polar surface area (TPSA) is 39.4 Å². The van der Waals surface area contributed by atoms with E-state index in [0.717, 1.165) is 16.7 Å². The van der Waals surface area contributed by atoms with Crippen molar-refractivity contribution in [1.29, 1.82) is 0 Å². The van der Waals surface area contributed by atoms with E-state index in [9.17, 15) is 4.79 Å². The van der Waals surface area contributed by atoms with Gasteiger partial charge in [-0.25, -0.2) is 0 Å². The van der Waals surface area contributed by atoms with Gasteiger partial charge in [0.1, 0.15) is 12.2 Å². The Kier molecular flexibility index (Phi) is 5.12. The molecule has 4 rings (SSSR count). The molecule has 4 aromatic rings. The summed E-state index contributed by atoms with van der Waals surface area (Å²) in [5.41, 5.74) is 2.91. The molecule has 0 aliphatic heterocycles. The van der Waals surface area contributed by atoms with E-state index in [1.54, 1.807) is 18.2 Å². The summed E-state index contributed by atoms with van der Waals surface area (Å²) in [7, 11) is 0. The lowest BCUT2D eigenvalue weighted by Gasteiger charge is -2.12. The molecule has 0 aliphatic rings. The van der Waals surface area contributed by atoms with Crippen molar-refractivity contribution in [2.45, 2.75) is 13.5 Å². The zero-order chi connectivity index (χ0) is 19.7. The van der Waals surface area contributed by atoms with Gasteiger partial charge in [-0.15, -0.1) is 0 Å². The van der Waals surface area contributed by atoms with E-state index >= 15 is 0 Å².